The Bertz CT molecular complexity index is 925. The second kappa shape index (κ2) is 8.62. The molecule has 3 aromatic rings. The van der Waals surface area contributed by atoms with E-state index < -0.39 is 0 Å². The Kier molecular flexibility index (Phi) is 6.01. The summed E-state index contributed by atoms with van der Waals surface area (Å²) in [7, 11) is 0. The highest BCUT2D eigenvalue weighted by Crippen LogP contribution is 2.33. The van der Waals surface area contributed by atoms with Crippen LogP contribution in [0.3, 0.4) is 0 Å². The van der Waals surface area contributed by atoms with E-state index in [2.05, 4.69) is 34.3 Å². The number of benzene rings is 1. The number of Topliss-reactive ketones (excluding diaryl/α,β-unsaturated/α-hetero) is 1. The molecule has 0 aliphatic carbocycles. The Hall–Kier alpha value is -2.95. The number of hydrogen-bond acceptors (Lipinski definition) is 5. The first kappa shape index (κ1) is 18.8. The van der Waals surface area contributed by atoms with Crippen LogP contribution >= 0.6 is 0 Å². The van der Waals surface area contributed by atoms with E-state index in [1.165, 1.54) is 0 Å². The van der Waals surface area contributed by atoms with Crippen LogP contribution in [0.15, 0.2) is 48.8 Å². The van der Waals surface area contributed by atoms with Crippen LogP contribution in [0.1, 0.15) is 55.6 Å². The van der Waals surface area contributed by atoms with Crippen LogP contribution in [0.5, 0.6) is 5.88 Å². The minimum absolute atomic E-state index is 0.0358. The van der Waals surface area contributed by atoms with Crippen molar-refractivity contribution in [3.63, 3.8) is 0 Å². The number of fused-ring (bicyclic) bond motifs is 1. The summed E-state index contributed by atoms with van der Waals surface area (Å²) >= 11 is 0. The lowest BCUT2D eigenvalue weighted by Gasteiger charge is -2.20. The Morgan fingerprint density at radius 2 is 1.93 bits per heavy atom. The maximum Gasteiger partial charge on any atom is 0.240 e. The smallest absolute Gasteiger partial charge is 0.240 e. The van der Waals surface area contributed by atoms with Crippen LogP contribution in [0.2, 0.25) is 0 Å². The highest BCUT2D eigenvalue weighted by atomic mass is 16.5. The molecule has 0 aliphatic heterocycles. The lowest BCUT2D eigenvalue weighted by Crippen LogP contribution is -2.12. The highest BCUT2D eigenvalue weighted by Gasteiger charge is 2.19. The minimum atomic E-state index is 0.0358. The van der Waals surface area contributed by atoms with Crippen LogP contribution in [0.4, 0.5) is 5.69 Å². The van der Waals surface area contributed by atoms with Gasteiger partial charge < -0.3 is 10.1 Å². The van der Waals surface area contributed by atoms with E-state index in [4.69, 9.17) is 4.74 Å². The zero-order valence-electron chi connectivity index (χ0n) is 16.0. The van der Waals surface area contributed by atoms with Crippen LogP contribution in [-0.2, 0) is 0 Å². The molecule has 0 bridgehead atoms. The summed E-state index contributed by atoms with van der Waals surface area (Å²) in [5.41, 5.74) is 3.21. The predicted molar refractivity (Wildman–Crippen MR) is 108 cm³/mol. The Labute approximate surface area is 159 Å². The number of carbonyl (C=O) groups is 1. The maximum atomic E-state index is 12.7. The molecule has 0 saturated heterocycles. The fraction of sp³-hybridized carbons (Fsp3) is 0.318. The average Bonchev–Trinajstić information content (AvgIpc) is 2.69. The van der Waals surface area contributed by atoms with Gasteiger partial charge >= 0.3 is 0 Å². The minimum Gasteiger partial charge on any atom is -0.476 e. The van der Waals surface area contributed by atoms with Gasteiger partial charge in [-0.05, 0) is 31.9 Å². The molecule has 0 aliphatic rings. The number of aromatic nitrogens is 2. The summed E-state index contributed by atoms with van der Waals surface area (Å²) in [6.07, 6.45) is 4.63. The van der Waals surface area contributed by atoms with Crippen molar-refractivity contribution in [2.45, 2.75) is 39.7 Å². The number of ketones is 1. The van der Waals surface area contributed by atoms with Crippen molar-refractivity contribution in [1.29, 1.82) is 0 Å². The Morgan fingerprint density at radius 1 is 1.15 bits per heavy atom. The maximum absolute atomic E-state index is 12.7. The number of nitrogens with zero attached hydrogens (tertiary/aromatic N) is 2. The third kappa shape index (κ3) is 4.08. The first-order valence-electron chi connectivity index (χ1n) is 9.40. The van der Waals surface area contributed by atoms with Gasteiger partial charge in [-0.2, -0.15) is 0 Å². The Morgan fingerprint density at radius 3 is 2.63 bits per heavy atom. The fourth-order valence-electron chi connectivity index (χ4n) is 3.11. The standard InChI is InChI=1S/C22H25N3O2/c1-4-9-19(26)18-14-24-21-17(12-13-23-22(21)27-5-2)20(18)25-15(3)16-10-7-6-8-11-16/h6-8,10-15H,4-5,9H2,1-3H3,(H,24,25)/t15-/m1/s1. The van der Waals surface area contributed by atoms with E-state index >= 15 is 0 Å². The molecule has 2 aromatic heterocycles. The van der Waals surface area contributed by atoms with Crippen molar-refractivity contribution in [1.82, 2.24) is 9.97 Å². The highest BCUT2D eigenvalue weighted by molar-refractivity contribution is 6.08. The molecule has 1 atom stereocenters. The summed E-state index contributed by atoms with van der Waals surface area (Å²) in [6.45, 7) is 6.51. The van der Waals surface area contributed by atoms with E-state index in [9.17, 15) is 4.79 Å². The van der Waals surface area contributed by atoms with Crippen molar-refractivity contribution in [3.05, 3.63) is 59.9 Å². The monoisotopic (exact) mass is 363 g/mol. The molecule has 2 heterocycles. The van der Waals surface area contributed by atoms with Gasteiger partial charge in [0.1, 0.15) is 5.52 Å². The number of carbonyl (C=O) groups excluding carboxylic acids is 1. The number of pyridine rings is 2. The molecule has 0 saturated carbocycles. The molecule has 3 rings (SSSR count). The number of nitrogens with one attached hydrogen (secondary N) is 1. The molecule has 1 N–H and O–H groups in total. The number of hydrogen-bond donors (Lipinski definition) is 1. The molecule has 5 nitrogen and oxygen atoms in total. The third-order valence-electron chi connectivity index (χ3n) is 4.47. The van der Waals surface area contributed by atoms with Gasteiger partial charge in [-0.15, -0.1) is 0 Å². The van der Waals surface area contributed by atoms with Crippen molar-refractivity contribution in [2.75, 3.05) is 11.9 Å². The molecule has 1 aromatic carbocycles. The van der Waals surface area contributed by atoms with Gasteiger partial charge in [0.15, 0.2) is 5.78 Å². The molecule has 0 unspecified atom stereocenters. The zero-order valence-corrected chi connectivity index (χ0v) is 16.0. The fourth-order valence-corrected chi connectivity index (χ4v) is 3.11. The average molecular weight is 363 g/mol. The van der Waals surface area contributed by atoms with E-state index in [1.807, 2.05) is 38.1 Å². The summed E-state index contributed by atoms with van der Waals surface area (Å²) in [4.78, 5) is 21.5. The van der Waals surface area contributed by atoms with E-state index in [0.29, 0.717) is 30.0 Å². The van der Waals surface area contributed by atoms with Gasteiger partial charge in [0.05, 0.1) is 17.9 Å². The normalized spacial score (nSPS) is 12.0. The van der Waals surface area contributed by atoms with Gasteiger partial charge in [-0.25, -0.2) is 9.97 Å². The van der Waals surface area contributed by atoms with Gasteiger partial charge in [0, 0.05) is 30.2 Å². The molecule has 140 valence electrons. The lowest BCUT2D eigenvalue weighted by atomic mass is 10.0. The van der Waals surface area contributed by atoms with Gasteiger partial charge in [0.2, 0.25) is 5.88 Å². The number of ether oxygens (including phenoxy) is 1. The first-order valence-corrected chi connectivity index (χ1v) is 9.40. The summed E-state index contributed by atoms with van der Waals surface area (Å²) in [5.74, 6) is 0.573. The first-order chi connectivity index (χ1) is 13.2. The summed E-state index contributed by atoms with van der Waals surface area (Å²) in [6, 6.07) is 12.1. The number of rotatable bonds is 8. The lowest BCUT2D eigenvalue weighted by molar-refractivity contribution is 0.0982. The van der Waals surface area contributed by atoms with Gasteiger partial charge in [0.25, 0.3) is 0 Å². The number of anilines is 1. The van der Waals surface area contributed by atoms with Crippen LogP contribution in [0, 0.1) is 0 Å². The van der Waals surface area contributed by atoms with Gasteiger partial charge in [-0.1, -0.05) is 37.3 Å². The van der Waals surface area contributed by atoms with Crippen molar-refractivity contribution in [3.8, 4) is 5.88 Å². The molecule has 27 heavy (non-hydrogen) atoms. The van der Waals surface area contributed by atoms with E-state index in [-0.39, 0.29) is 11.8 Å². The van der Waals surface area contributed by atoms with Gasteiger partial charge in [-0.3, -0.25) is 4.79 Å². The van der Waals surface area contributed by atoms with Crippen molar-refractivity contribution in [2.24, 2.45) is 0 Å². The quantitative estimate of drug-likeness (QED) is 0.558. The molecule has 5 heteroatoms. The topological polar surface area (TPSA) is 64.1 Å². The third-order valence-corrected chi connectivity index (χ3v) is 4.47. The molecule has 0 radical (unpaired) electrons. The van der Waals surface area contributed by atoms with Crippen molar-refractivity contribution >= 4 is 22.4 Å². The second-order valence-electron chi connectivity index (χ2n) is 6.44. The van der Waals surface area contributed by atoms with E-state index in [1.54, 1.807) is 12.4 Å². The molecule has 0 spiro atoms. The molecular weight excluding hydrogens is 338 g/mol. The van der Waals surface area contributed by atoms with Crippen LogP contribution in [0.25, 0.3) is 10.9 Å². The van der Waals surface area contributed by atoms with Crippen LogP contribution < -0.4 is 10.1 Å². The Balaban J connectivity index is 2.11. The van der Waals surface area contributed by atoms with Crippen LogP contribution in [-0.4, -0.2) is 22.4 Å². The molecular formula is C22H25N3O2. The SMILES string of the molecule is CCCC(=O)c1cnc2c(OCC)nccc2c1N[C@H](C)c1ccccc1. The summed E-state index contributed by atoms with van der Waals surface area (Å²) in [5, 5.41) is 4.38. The largest absolute Gasteiger partial charge is 0.476 e. The second-order valence-corrected chi connectivity index (χ2v) is 6.44. The van der Waals surface area contributed by atoms with E-state index in [0.717, 1.165) is 23.1 Å². The molecule has 0 amide bonds. The van der Waals surface area contributed by atoms with Crippen molar-refractivity contribution < 1.29 is 9.53 Å². The predicted octanol–water partition coefficient (Wildman–Crippen LogP) is 5.18. The molecule has 0 fully saturated rings. The zero-order chi connectivity index (χ0) is 19.2. The summed E-state index contributed by atoms with van der Waals surface area (Å²) < 4.78 is 5.63.